The predicted octanol–water partition coefficient (Wildman–Crippen LogP) is -0.150. The fourth-order valence-corrected chi connectivity index (χ4v) is 4.52. The summed E-state index contributed by atoms with van der Waals surface area (Å²) >= 11 is -0.965. The molecule has 0 bridgehead atoms. The fraction of sp³-hybridized carbons (Fsp3) is 0.333. The summed E-state index contributed by atoms with van der Waals surface area (Å²) in [6.07, 6.45) is 0. The molecule has 1 N–H and O–H groups in total. The van der Waals surface area contributed by atoms with Crippen LogP contribution in [0.15, 0.2) is 35.2 Å². The molecule has 0 heterocycles. The molecular weight excluding hydrogens is 422 g/mol. The maximum Gasteiger partial charge on any atom is 1.00 e. The number of halogens is 7. The van der Waals surface area contributed by atoms with Crippen molar-refractivity contribution < 1.29 is 67.9 Å². The van der Waals surface area contributed by atoms with E-state index in [-0.39, 0.29) is 20.3 Å². The van der Waals surface area contributed by atoms with Crippen LogP contribution in [0.3, 0.4) is 0 Å². The number of nitrogens with one attached hydrogen (secondary N) is 1. The first-order chi connectivity index (χ1) is 10.5. The van der Waals surface area contributed by atoms with Crippen molar-refractivity contribution in [2.24, 2.45) is 0 Å². The second-order valence-electron chi connectivity index (χ2n) is 3.98. The van der Waals surface area contributed by atoms with Crippen LogP contribution >= 0.6 is 11.8 Å². The first kappa shape index (κ1) is 24.5. The molecule has 0 aliphatic rings. The van der Waals surface area contributed by atoms with Gasteiger partial charge in [-0.3, -0.25) is 0 Å². The third-order valence-electron chi connectivity index (χ3n) is 2.19. The first-order valence-corrected chi connectivity index (χ1v) is 9.16. The molecule has 5 nitrogen and oxygen atoms in total. The minimum Gasteiger partial charge on any atom is -1.00 e. The van der Waals surface area contributed by atoms with E-state index in [2.05, 4.69) is 0 Å². The van der Waals surface area contributed by atoms with Gasteiger partial charge in [-0.1, -0.05) is 22.3 Å². The van der Waals surface area contributed by atoms with Gasteiger partial charge in [0.15, 0.2) is 0 Å². The molecule has 0 unspecified atom stereocenters. The van der Waals surface area contributed by atoms with Crippen molar-refractivity contribution in [2.75, 3.05) is 0 Å². The SMILES string of the molecule is O=S(=O)(NS(=O)(=O)C(F)(F)C(F)(F)Sc1ccccc1)C(F)(F)F.[H-].[Li+]. The minimum atomic E-state index is -6.94. The van der Waals surface area contributed by atoms with Crippen molar-refractivity contribution in [3.05, 3.63) is 30.3 Å². The van der Waals surface area contributed by atoms with Crippen LogP contribution in [-0.4, -0.2) is 32.9 Å². The molecule has 0 saturated carbocycles. The van der Waals surface area contributed by atoms with E-state index in [1.165, 1.54) is 6.07 Å². The van der Waals surface area contributed by atoms with Crippen LogP contribution in [0.5, 0.6) is 0 Å². The zero-order chi connectivity index (χ0) is 19.0. The van der Waals surface area contributed by atoms with Gasteiger partial charge in [-0.25, -0.2) is 16.8 Å². The average Bonchev–Trinajstić information content (AvgIpc) is 2.36. The van der Waals surface area contributed by atoms with Crippen LogP contribution in [0.1, 0.15) is 1.43 Å². The zero-order valence-electron chi connectivity index (χ0n) is 12.9. The minimum absolute atomic E-state index is 0. The molecule has 1 rings (SSSR count). The number of thioether (sulfide) groups is 1. The first-order valence-electron chi connectivity index (χ1n) is 5.37. The van der Waals surface area contributed by atoms with Gasteiger partial charge in [-0.05, 0) is 23.9 Å². The molecule has 1 aromatic carbocycles. The molecular formula is C9H7F7LiNO4S3. The van der Waals surface area contributed by atoms with Crippen LogP contribution in [0.2, 0.25) is 0 Å². The van der Waals surface area contributed by atoms with Gasteiger partial charge in [0.2, 0.25) is 0 Å². The maximum absolute atomic E-state index is 13.6. The van der Waals surface area contributed by atoms with Gasteiger partial charge in [0.05, 0.1) is 0 Å². The molecule has 0 aromatic heterocycles. The van der Waals surface area contributed by atoms with Gasteiger partial charge in [-0.15, -0.1) is 0 Å². The standard InChI is InChI=1S/C9H6F7NO4S3.Li.H/c10-7(11,22-6-4-2-1-3-5-6)8(12,13)23(18,19)17-24(20,21)9(14,15)16;;/h1-5,17H;;/q;+1;-1. The summed E-state index contributed by atoms with van der Waals surface area (Å²) in [5.41, 5.74) is -6.29. The number of benzene rings is 1. The third kappa shape index (κ3) is 5.27. The Morgan fingerprint density at radius 2 is 1.28 bits per heavy atom. The number of hydrogen-bond acceptors (Lipinski definition) is 5. The van der Waals surface area contributed by atoms with Gasteiger partial charge in [-0.2, -0.15) is 30.7 Å². The largest absolute Gasteiger partial charge is 1.00 e. The third-order valence-corrected chi connectivity index (χ3v) is 6.64. The molecule has 25 heavy (non-hydrogen) atoms. The van der Waals surface area contributed by atoms with E-state index >= 15 is 0 Å². The van der Waals surface area contributed by atoms with Gasteiger partial charge < -0.3 is 1.43 Å². The molecule has 0 amide bonds. The number of sulfonamides is 2. The molecule has 0 spiro atoms. The number of rotatable bonds is 6. The van der Waals surface area contributed by atoms with Crippen LogP contribution in [0, 0.1) is 0 Å². The summed E-state index contributed by atoms with van der Waals surface area (Å²) in [5.74, 6) is 0. The van der Waals surface area contributed by atoms with Crippen LogP contribution in [0.25, 0.3) is 0 Å². The molecule has 0 saturated heterocycles. The Kier molecular flexibility index (Phi) is 7.51. The van der Waals surface area contributed by atoms with Crippen molar-refractivity contribution >= 4 is 31.8 Å². The van der Waals surface area contributed by atoms with E-state index in [1.807, 2.05) is 0 Å². The second kappa shape index (κ2) is 7.65. The van der Waals surface area contributed by atoms with Crippen molar-refractivity contribution in [1.29, 1.82) is 0 Å². The fourth-order valence-electron chi connectivity index (χ4n) is 1.10. The van der Waals surface area contributed by atoms with Crippen molar-refractivity contribution in [1.82, 2.24) is 4.13 Å². The number of hydrogen-bond donors (Lipinski definition) is 1. The van der Waals surface area contributed by atoms with E-state index < -0.39 is 56.8 Å². The maximum atomic E-state index is 13.6. The molecule has 0 fully saturated rings. The van der Waals surface area contributed by atoms with E-state index in [0.29, 0.717) is 0 Å². The summed E-state index contributed by atoms with van der Waals surface area (Å²) in [6.45, 7) is 0. The Hall–Kier alpha value is -0.463. The van der Waals surface area contributed by atoms with Gasteiger partial charge >= 0.3 is 44.9 Å². The molecule has 0 aliphatic heterocycles. The Labute approximate surface area is 155 Å². The van der Waals surface area contributed by atoms with E-state index in [1.54, 1.807) is 0 Å². The summed E-state index contributed by atoms with van der Waals surface area (Å²) in [4.78, 5) is -0.531. The van der Waals surface area contributed by atoms with Crippen molar-refractivity contribution in [3.63, 3.8) is 0 Å². The Morgan fingerprint density at radius 1 is 0.840 bits per heavy atom. The zero-order valence-corrected chi connectivity index (χ0v) is 14.3. The van der Waals surface area contributed by atoms with E-state index in [0.717, 1.165) is 24.3 Å². The summed E-state index contributed by atoms with van der Waals surface area (Å²) in [5, 5.41) is -11.6. The van der Waals surface area contributed by atoms with Crippen molar-refractivity contribution in [2.45, 2.75) is 20.9 Å². The Morgan fingerprint density at radius 3 is 1.68 bits per heavy atom. The van der Waals surface area contributed by atoms with Crippen LogP contribution < -0.4 is 23.0 Å². The smallest absolute Gasteiger partial charge is 1.00 e. The molecule has 140 valence electrons. The normalized spacial score (nSPS) is 14.0. The molecule has 0 aliphatic carbocycles. The molecule has 0 radical (unpaired) electrons. The van der Waals surface area contributed by atoms with Gasteiger partial charge in [0.1, 0.15) is 0 Å². The predicted molar refractivity (Wildman–Crippen MR) is 70.3 cm³/mol. The molecule has 0 atom stereocenters. The van der Waals surface area contributed by atoms with E-state index in [4.69, 9.17) is 0 Å². The van der Waals surface area contributed by atoms with E-state index in [9.17, 15) is 47.6 Å². The van der Waals surface area contributed by atoms with Crippen molar-refractivity contribution in [3.8, 4) is 0 Å². The number of alkyl halides is 7. The topological polar surface area (TPSA) is 80.3 Å². The Balaban J connectivity index is 0. The van der Waals surface area contributed by atoms with Crippen LogP contribution in [-0.2, 0) is 20.0 Å². The summed E-state index contributed by atoms with van der Waals surface area (Å²) in [6, 6.07) is 5.44. The van der Waals surface area contributed by atoms with Gasteiger partial charge in [0, 0.05) is 4.90 Å². The van der Waals surface area contributed by atoms with Crippen LogP contribution in [0.4, 0.5) is 30.7 Å². The quantitative estimate of drug-likeness (QED) is 0.387. The monoisotopic (exact) mass is 429 g/mol. The van der Waals surface area contributed by atoms with Gasteiger partial charge in [0.25, 0.3) is 10.0 Å². The summed E-state index contributed by atoms with van der Waals surface area (Å²) in [7, 11) is -13.8. The Bertz CT molecular complexity index is 802. The summed E-state index contributed by atoms with van der Waals surface area (Å²) < 4.78 is 133. The molecule has 1 aromatic rings. The second-order valence-corrected chi connectivity index (χ2v) is 8.83. The molecule has 16 heteroatoms. The average molecular weight is 429 g/mol.